The predicted octanol–water partition coefficient (Wildman–Crippen LogP) is 3.58. The van der Waals surface area contributed by atoms with Crippen molar-refractivity contribution >= 4 is 45.3 Å². The molecule has 0 aromatic heterocycles. The molecule has 3 heterocycles. The molecular weight excluding hydrogens is 694 g/mol. The largest absolute Gasteiger partial charge is 0.497 e. The van der Waals surface area contributed by atoms with Crippen molar-refractivity contribution in [2.45, 2.75) is 67.3 Å². The van der Waals surface area contributed by atoms with Crippen LogP contribution >= 0.6 is 15.9 Å². The highest BCUT2D eigenvalue weighted by Gasteiger charge is 2.77. The van der Waals surface area contributed by atoms with Gasteiger partial charge in [0.1, 0.15) is 23.5 Å². The number of alkyl halides is 1. The number of aliphatic hydroxyl groups is 1. The Morgan fingerprint density at radius 1 is 1.16 bits per heavy atom. The number of halogens is 1. The van der Waals surface area contributed by atoms with E-state index in [1.165, 1.54) is 9.80 Å². The first-order chi connectivity index (χ1) is 23.6. The third kappa shape index (κ3) is 7.18. The number of rotatable bonds is 16. The molecule has 11 nitrogen and oxygen atoms in total. The lowest BCUT2D eigenvalue weighted by Gasteiger charge is -2.39. The quantitative estimate of drug-likeness (QED) is 0.152. The molecule has 0 radical (unpaired) electrons. The van der Waals surface area contributed by atoms with Gasteiger partial charge in [-0.3, -0.25) is 19.2 Å². The van der Waals surface area contributed by atoms with Gasteiger partial charge in [0, 0.05) is 23.5 Å². The number of esters is 1. The number of ether oxygens (including phenoxy) is 3. The number of methoxy groups -OCH3 is 1. The highest BCUT2D eigenvalue weighted by Crippen LogP contribution is 2.61. The SMILES string of the molecule is C=CCCC(=O)NC[C@@H](C)OC(=O)[C@H]1[C@@H]2O[C@@]3(CC2Br)[C@@H]1C(=O)N([C@@H](CO)Cc1ccccc1)[C@@H]3C(=O)N(CC=C)c1ccc(OC)cc1. The molecule has 3 aliphatic rings. The molecule has 2 aromatic carbocycles. The van der Waals surface area contributed by atoms with E-state index < -0.39 is 66.1 Å². The molecule has 262 valence electrons. The third-order valence-electron chi connectivity index (χ3n) is 9.59. The fourth-order valence-corrected chi connectivity index (χ4v) is 8.35. The summed E-state index contributed by atoms with van der Waals surface area (Å²) in [5, 5.41) is 13.5. The van der Waals surface area contributed by atoms with Gasteiger partial charge in [0.25, 0.3) is 5.91 Å². The first-order valence-corrected chi connectivity index (χ1v) is 17.4. The Kier molecular flexibility index (Phi) is 11.6. The fourth-order valence-electron chi connectivity index (χ4n) is 7.41. The smallest absolute Gasteiger partial charge is 0.312 e. The average molecular weight is 739 g/mol. The van der Waals surface area contributed by atoms with E-state index in [2.05, 4.69) is 34.4 Å². The molecule has 2 N–H and O–H groups in total. The van der Waals surface area contributed by atoms with Gasteiger partial charge in [-0.15, -0.1) is 13.2 Å². The molecule has 12 heteroatoms. The van der Waals surface area contributed by atoms with Crippen LogP contribution in [0.3, 0.4) is 0 Å². The lowest BCUT2D eigenvalue weighted by atomic mass is 9.70. The van der Waals surface area contributed by atoms with Gasteiger partial charge in [-0.25, -0.2) is 0 Å². The Morgan fingerprint density at radius 2 is 1.88 bits per heavy atom. The molecule has 1 spiro atoms. The molecule has 2 bridgehead atoms. The number of carbonyl (C=O) groups is 4. The number of nitrogens with one attached hydrogen (secondary N) is 1. The summed E-state index contributed by atoms with van der Waals surface area (Å²) >= 11 is 3.70. The van der Waals surface area contributed by atoms with E-state index in [0.717, 1.165) is 5.56 Å². The summed E-state index contributed by atoms with van der Waals surface area (Å²) in [7, 11) is 1.55. The minimum atomic E-state index is -1.38. The molecule has 2 aromatic rings. The second-order valence-corrected chi connectivity index (χ2v) is 13.9. The van der Waals surface area contributed by atoms with Gasteiger partial charge in [-0.05, 0) is 56.0 Å². The second-order valence-electron chi connectivity index (χ2n) is 12.7. The molecule has 49 heavy (non-hydrogen) atoms. The fraction of sp³-hybridized carbons (Fsp3) is 0.459. The predicted molar refractivity (Wildman–Crippen MR) is 187 cm³/mol. The topological polar surface area (TPSA) is 135 Å². The first-order valence-electron chi connectivity index (χ1n) is 16.5. The van der Waals surface area contributed by atoms with Crippen LogP contribution in [0.25, 0.3) is 0 Å². The molecule has 8 atom stereocenters. The molecule has 0 aliphatic carbocycles. The number of aliphatic hydroxyl groups excluding tert-OH is 1. The van der Waals surface area contributed by atoms with Crippen LogP contribution in [0, 0.1) is 11.8 Å². The van der Waals surface area contributed by atoms with E-state index in [1.807, 2.05) is 30.3 Å². The van der Waals surface area contributed by atoms with Gasteiger partial charge in [-0.2, -0.15) is 0 Å². The summed E-state index contributed by atoms with van der Waals surface area (Å²) in [5.41, 5.74) is 0.0515. The maximum Gasteiger partial charge on any atom is 0.312 e. The molecule has 1 unspecified atom stereocenters. The summed E-state index contributed by atoms with van der Waals surface area (Å²) < 4.78 is 17.8. The molecular formula is C37H44BrN3O8. The van der Waals surface area contributed by atoms with Crippen molar-refractivity contribution in [1.82, 2.24) is 10.2 Å². The number of benzene rings is 2. The zero-order valence-corrected chi connectivity index (χ0v) is 29.4. The molecule has 3 saturated heterocycles. The standard InChI is InChI=1S/C37H44BrN3O8/c1-5-7-13-29(43)39-21-23(3)48-36(46)30-31-34(44)41(26(22-42)19-24-11-9-8-10-12-24)33(37(31)20-28(38)32(30)49-37)35(45)40(18-6-2)25-14-16-27(47-4)17-15-25/h5-6,8-12,14-17,23,26,28,30-33,42H,1-2,7,13,18-22H2,3-4H3,(H,39,43)/t23-,26-,28?,30-,31+,32-,33-,37+/m1/s1. The number of likely N-dealkylation sites (tertiary alicyclic amines) is 1. The number of hydrogen-bond donors (Lipinski definition) is 2. The van der Waals surface area contributed by atoms with Crippen LogP contribution in [0.2, 0.25) is 0 Å². The van der Waals surface area contributed by atoms with E-state index in [1.54, 1.807) is 50.5 Å². The van der Waals surface area contributed by atoms with Crippen molar-refractivity contribution in [3.8, 4) is 5.75 Å². The van der Waals surface area contributed by atoms with Crippen LogP contribution in [0.15, 0.2) is 79.9 Å². The van der Waals surface area contributed by atoms with Crippen molar-refractivity contribution in [3.05, 3.63) is 85.5 Å². The van der Waals surface area contributed by atoms with Gasteiger partial charge in [0.05, 0.1) is 44.2 Å². The van der Waals surface area contributed by atoms with Gasteiger partial charge in [-0.1, -0.05) is 58.4 Å². The van der Waals surface area contributed by atoms with Gasteiger partial charge < -0.3 is 34.4 Å². The Hall–Kier alpha value is -4.00. The third-order valence-corrected chi connectivity index (χ3v) is 10.4. The summed E-state index contributed by atoms with van der Waals surface area (Å²) in [6.45, 7) is 8.97. The first kappa shape index (κ1) is 36.3. The Balaban J connectivity index is 1.51. The van der Waals surface area contributed by atoms with Crippen LogP contribution in [0.5, 0.6) is 5.75 Å². The monoisotopic (exact) mass is 737 g/mol. The number of fused-ring (bicyclic) bond motifs is 1. The number of amides is 3. The minimum absolute atomic E-state index is 0.0940. The van der Waals surface area contributed by atoms with Crippen molar-refractivity contribution in [1.29, 1.82) is 0 Å². The highest BCUT2D eigenvalue weighted by molar-refractivity contribution is 9.09. The van der Waals surface area contributed by atoms with Crippen molar-refractivity contribution in [2.75, 3.05) is 31.7 Å². The molecule has 0 saturated carbocycles. The molecule has 3 aliphatic heterocycles. The van der Waals surface area contributed by atoms with Crippen LogP contribution in [0.1, 0.15) is 31.7 Å². The van der Waals surface area contributed by atoms with Crippen molar-refractivity contribution in [2.24, 2.45) is 11.8 Å². The summed E-state index contributed by atoms with van der Waals surface area (Å²) in [6.07, 6.45) is 3.19. The second kappa shape index (κ2) is 15.7. The van der Waals surface area contributed by atoms with E-state index in [4.69, 9.17) is 14.2 Å². The number of carbonyl (C=O) groups excluding carboxylic acids is 4. The van der Waals surface area contributed by atoms with Crippen LogP contribution in [0.4, 0.5) is 5.69 Å². The normalized spacial score (nSPS) is 26.4. The molecule has 5 rings (SSSR count). The Bertz CT molecular complexity index is 1540. The van der Waals surface area contributed by atoms with E-state index >= 15 is 0 Å². The Morgan fingerprint density at radius 3 is 2.51 bits per heavy atom. The zero-order valence-electron chi connectivity index (χ0n) is 27.8. The van der Waals surface area contributed by atoms with Crippen molar-refractivity contribution in [3.63, 3.8) is 0 Å². The average Bonchev–Trinajstić information content (AvgIpc) is 3.71. The zero-order chi connectivity index (χ0) is 35.3. The summed E-state index contributed by atoms with van der Waals surface area (Å²) in [6, 6.07) is 14.4. The van der Waals surface area contributed by atoms with Gasteiger partial charge in [0.15, 0.2) is 0 Å². The number of anilines is 1. The lowest BCUT2D eigenvalue weighted by Crippen LogP contribution is -2.59. The van der Waals surface area contributed by atoms with Gasteiger partial charge in [0.2, 0.25) is 11.8 Å². The van der Waals surface area contributed by atoms with Gasteiger partial charge >= 0.3 is 5.97 Å². The lowest BCUT2D eigenvalue weighted by molar-refractivity contribution is -0.159. The Labute approximate surface area is 295 Å². The molecule has 3 fully saturated rings. The number of nitrogens with zero attached hydrogens (tertiary/aromatic N) is 2. The van der Waals surface area contributed by atoms with E-state index in [-0.39, 0.29) is 43.1 Å². The maximum absolute atomic E-state index is 14.9. The van der Waals surface area contributed by atoms with Crippen LogP contribution in [-0.4, -0.2) is 95.2 Å². The van der Waals surface area contributed by atoms with E-state index in [9.17, 15) is 24.3 Å². The summed E-state index contributed by atoms with van der Waals surface area (Å²) in [5.74, 6) is -3.14. The van der Waals surface area contributed by atoms with Crippen molar-refractivity contribution < 1.29 is 38.5 Å². The van der Waals surface area contributed by atoms with E-state index in [0.29, 0.717) is 17.9 Å². The molecule has 3 amide bonds. The number of hydrogen-bond acceptors (Lipinski definition) is 8. The summed E-state index contributed by atoms with van der Waals surface area (Å²) in [4.78, 5) is 58.4. The minimum Gasteiger partial charge on any atom is -0.497 e. The van der Waals surface area contributed by atoms with Crippen LogP contribution in [-0.2, 0) is 35.1 Å². The highest BCUT2D eigenvalue weighted by atomic mass is 79.9. The van der Waals surface area contributed by atoms with Crippen LogP contribution < -0.4 is 15.0 Å². The maximum atomic E-state index is 14.9. The number of allylic oxidation sites excluding steroid dienone is 1.